The minimum atomic E-state index is -0.426. The molecule has 0 aromatic carbocycles. The number of nitrogens with zero attached hydrogens (tertiary/aromatic N) is 1. The Kier molecular flexibility index (Phi) is 5.71. The molecule has 0 bridgehead atoms. The van der Waals surface area contributed by atoms with Gasteiger partial charge in [0, 0.05) is 17.3 Å². The lowest BCUT2D eigenvalue weighted by Gasteiger charge is -2.29. The van der Waals surface area contributed by atoms with Crippen LogP contribution in [0.4, 0.5) is 5.00 Å². The highest BCUT2D eigenvalue weighted by atomic mass is 32.1. The summed E-state index contributed by atoms with van der Waals surface area (Å²) < 4.78 is 5.27. The van der Waals surface area contributed by atoms with Crippen molar-refractivity contribution in [3.05, 3.63) is 16.0 Å². The van der Waals surface area contributed by atoms with Crippen LogP contribution in [0.1, 0.15) is 79.1 Å². The molecule has 1 aromatic heterocycles. The van der Waals surface area contributed by atoms with Crippen LogP contribution in [0.2, 0.25) is 0 Å². The van der Waals surface area contributed by atoms with Crippen LogP contribution in [0.25, 0.3) is 0 Å². The van der Waals surface area contributed by atoms with Gasteiger partial charge < -0.3 is 15.0 Å². The van der Waals surface area contributed by atoms with E-state index in [4.69, 9.17) is 4.74 Å². The quantitative estimate of drug-likeness (QED) is 0.760. The van der Waals surface area contributed by atoms with Crippen molar-refractivity contribution in [2.24, 2.45) is 0 Å². The number of esters is 1. The van der Waals surface area contributed by atoms with E-state index in [9.17, 15) is 14.4 Å². The third kappa shape index (κ3) is 3.56. The summed E-state index contributed by atoms with van der Waals surface area (Å²) in [6.45, 7) is 2.10. The van der Waals surface area contributed by atoms with Gasteiger partial charge in [-0.3, -0.25) is 9.59 Å². The Balaban J connectivity index is 1.58. The number of fused-ring (bicyclic) bond motifs is 1. The van der Waals surface area contributed by atoms with Crippen LogP contribution >= 0.6 is 11.3 Å². The maximum atomic E-state index is 13.1. The Hall–Kier alpha value is -1.89. The first kappa shape index (κ1) is 19.4. The van der Waals surface area contributed by atoms with E-state index in [1.807, 2.05) is 4.90 Å². The number of amides is 2. The average molecular weight is 405 g/mol. The van der Waals surface area contributed by atoms with Gasteiger partial charge in [-0.2, -0.15) is 0 Å². The minimum absolute atomic E-state index is 0.0862. The lowest BCUT2D eigenvalue weighted by atomic mass is 9.95. The lowest BCUT2D eigenvalue weighted by molar-refractivity contribution is -0.135. The summed E-state index contributed by atoms with van der Waals surface area (Å²) >= 11 is 1.50. The molecule has 4 rings (SSSR count). The number of hydrogen-bond donors (Lipinski definition) is 1. The van der Waals surface area contributed by atoms with E-state index in [-0.39, 0.29) is 23.8 Å². The number of thiophene rings is 1. The molecule has 2 amide bonds. The number of nitrogens with one attached hydrogen (secondary N) is 1. The first-order valence-corrected chi connectivity index (χ1v) is 11.4. The van der Waals surface area contributed by atoms with Crippen molar-refractivity contribution >= 4 is 34.1 Å². The molecular weight excluding hydrogens is 376 g/mol. The monoisotopic (exact) mass is 404 g/mol. The van der Waals surface area contributed by atoms with E-state index in [0.717, 1.165) is 56.9 Å². The predicted octanol–water partition coefficient (Wildman–Crippen LogP) is 3.68. The van der Waals surface area contributed by atoms with E-state index in [1.54, 1.807) is 6.92 Å². The van der Waals surface area contributed by atoms with Crippen LogP contribution in [0.5, 0.6) is 0 Å². The normalized spacial score (nSPS) is 22.4. The molecule has 1 unspecified atom stereocenters. The summed E-state index contributed by atoms with van der Waals surface area (Å²) in [6.07, 6.45) is 9.14. The molecule has 1 saturated heterocycles. The van der Waals surface area contributed by atoms with Gasteiger partial charge in [0.05, 0.1) is 12.2 Å². The summed E-state index contributed by atoms with van der Waals surface area (Å²) in [5.41, 5.74) is 1.58. The highest BCUT2D eigenvalue weighted by Gasteiger charge is 2.41. The Bertz CT molecular complexity index is 782. The largest absolute Gasteiger partial charge is 0.462 e. The van der Waals surface area contributed by atoms with Crippen LogP contribution < -0.4 is 5.32 Å². The molecule has 152 valence electrons. The highest BCUT2D eigenvalue weighted by Crippen LogP contribution is 2.39. The molecule has 1 saturated carbocycles. The van der Waals surface area contributed by atoms with Gasteiger partial charge in [-0.25, -0.2) is 4.79 Å². The maximum absolute atomic E-state index is 13.1. The Morgan fingerprint density at radius 1 is 1.11 bits per heavy atom. The van der Waals surface area contributed by atoms with E-state index in [0.29, 0.717) is 30.0 Å². The van der Waals surface area contributed by atoms with Gasteiger partial charge in [-0.15, -0.1) is 11.3 Å². The predicted molar refractivity (Wildman–Crippen MR) is 108 cm³/mol. The van der Waals surface area contributed by atoms with Gasteiger partial charge in [-0.1, -0.05) is 12.8 Å². The molecule has 2 fully saturated rings. The number of anilines is 1. The SMILES string of the molecule is CCOC(=O)c1c(NC(=O)C2CCC(=O)N2C2CCCC2)sc2c1CCCC2. The maximum Gasteiger partial charge on any atom is 0.341 e. The van der Waals surface area contributed by atoms with Gasteiger partial charge >= 0.3 is 5.97 Å². The third-order valence-electron chi connectivity index (χ3n) is 6.16. The number of rotatable bonds is 5. The number of carbonyl (C=O) groups excluding carboxylic acids is 3. The van der Waals surface area contributed by atoms with Crippen molar-refractivity contribution in [2.75, 3.05) is 11.9 Å². The van der Waals surface area contributed by atoms with Gasteiger partial charge in [0.1, 0.15) is 11.0 Å². The summed E-state index contributed by atoms with van der Waals surface area (Å²) in [5, 5.41) is 3.61. The number of aryl methyl sites for hydroxylation is 1. The van der Waals surface area contributed by atoms with E-state index < -0.39 is 6.04 Å². The fourth-order valence-electron chi connectivity index (χ4n) is 4.87. The number of hydrogen-bond acceptors (Lipinski definition) is 5. The topological polar surface area (TPSA) is 75.7 Å². The standard InChI is InChI=1S/C21H28N2O4S/c1-2-27-21(26)18-14-9-5-6-10-16(14)28-20(18)22-19(25)15-11-12-17(24)23(15)13-7-3-4-8-13/h13,15H,2-12H2,1H3,(H,22,25). The summed E-state index contributed by atoms with van der Waals surface area (Å²) in [4.78, 5) is 41.1. The zero-order valence-corrected chi connectivity index (χ0v) is 17.2. The number of carbonyl (C=O) groups is 3. The third-order valence-corrected chi connectivity index (χ3v) is 7.37. The fraction of sp³-hybridized carbons (Fsp3) is 0.667. The Morgan fingerprint density at radius 2 is 1.86 bits per heavy atom. The van der Waals surface area contributed by atoms with Gasteiger partial charge in [0.15, 0.2) is 0 Å². The van der Waals surface area contributed by atoms with Crippen molar-refractivity contribution in [3.63, 3.8) is 0 Å². The molecule has 3 aliphatic rings. The molecule has 1 N–H and O–H groups in total. The molecule has 2 aliphatic carbocycles. The van der Waals surface area contributed by atoms with Crippen LogP contribution in [-0.4, -0.2) is 41.4 Å². The molecule has 1 aliphatic heterocycles. The average Bonchev–Trinajstić information content (AvgIpc) is 3.39. The van der Waals surface area contributed by atoms with Crippen molar-refractivity contribution in [3.8, 4) is 0 Å². The second kappa shape index (κ2) is 8.23. The second-order valence-electron chi connectivity index (χ2n) is 7.92. The van der Waals surface area contributed by atoms with Crippen molar-refractivity contribution in [1.29, 1.82) is 0 Å². The van der Waals surface area contributed by atoms with E-state index in [1.165, 1.54) is 16.2 Å². The van der Waals surface area contributed by atoms with Crippen LogP contribution in [0.3, 0.4) is 0 Å². The molecule has 7 heteroatoms. The zero-order valence-electron chi connectivity index (χ0n) is 16.4. The zero-order chi connectivity index (χ0) is 19.7. The van der Waals surface area contributed by atoms with Crippen molar-refractivity contribution in [2.45, 2.75) is 83.2 Å². The molecule has 2 heterocycles. The van der Waals surface area contributed by atoms with E-state index >= 15 is 0 Å². The summed E-state index contributed by atoms with van der Waals surface area (Å²) in [5.74, 6) is -0.433. The molecular formula is C21H28N2O4S. The molecule has 1 atom stereocenters. The van der Waals surface area contributed by atoms with Crippen molar-refractivity contribution in [1.82, 2.24) is 4.90 Å². The van der Waals surface area contributed by atoms with Crippen LogP contribution in [0.15, 0.2) is 0 Å². The first-order valence-electron chi connectivity index (χ1n) is 10.5. The molecule has 0 radical (unpaired) electrons. The first-order chi connectivity index (χ1) is 13.6. The molecule has 1 aromatic rings. The number of likely N-dealkylation sites (tertiary alicyclic amines) is 1. The van der Waals surface area contributed by atoms with E-state index in [2.05, 4.69) is 5.32 Å². The van der Waals surface area contributed by atoms with Crippen LogP contribution in [-0.2, 0) is 27.2 Å². The Morgan fingerprint density at radius 3 is 2.61 bits per heavy atom. The van der Waals surface area contributed by atoms with Crippen molar-refractivity contribution < 1.29 is 19.1 Å². The molecule has 6 nitrogen and oxygen atoms in total. The number of ether oxygens (including phenoxy) is 1. The molecule has 0 spiro atoms. The smallest absolute Gasteiger partial charge is 0.341 e. The highest BCUT2D eigenvalue weighted by molar-refractivity contribution is 7.17. The second-order valence-corrected chi connectivity index (χ2v) is 9.02. The molecule has 28 heavy (non-hydrogen) atoms. The lowest BCUT2D eigenvalue weighted by Crippen LogP contribution is -2.46. The summed E-state index contributed by atoms with van der Waals surface area (Å²) in [7, 11) is 0. The van der Waals surface area contributed by atoms with Gasteiger partial charge in [0.25, 0.3) is 0 Å². The minimum Gasteiger partial charge on any atom is -0.462 e. The summed E-state index contributed by atoms with van der Waals surface area (Å²) in [6, 6.07) is -0.239. The van der Waals surface area contributed by atoms with Gasteiger partial charge in [-0.05, 0) is 57.4 Å². The van der Waals surface area contributed by atoms with Crippen LogP contribution in [0, 0.1) is 0 Å². The van der Waals surface area contributed by atoms with Gasteiger partial charge in [0.2, 0.25) is 11.8 Å². The Labute approximate surface area is 169 Å². The fourth-order valence-corrected chi connectivity index (χ4v) is 6.15.